The van der Waals surface area contributed by atoms with Gasteiger partial charge in [0.15, 0.2) is 0 Å². The Kier molecular flexibility index (Phi) is 6.05. The number of benzene rings is 2. The first kappa shape index (κ1) is 21.3. The number of hydrogen-bond donors (Lipinski definition) is 1. The van der Waals surface area contributed by atoms with E-state index < -0.39 is 11.0 Å². The van der Waals surface area contributed by atoms with E-state index >= 15 is 0 Å². The summed E-state index contributed by atoms with van der Waals surface area (Å²) in [6.07, 6.45) is -0.251. The molecule has 0 radical (unpaired) electrons. The number of amides is 2. The number of ether oxygens (including phenoxy) is 1. The molecule has 0 spiro atoms. The van der Waals surface area contributed by atoms with Crippen LogP contribution in [0.2, 0.25) is 0 Å². The van der Waals surface area contributed by atoms with Crippen molar-refractivity contribution in [3.05, 3.63) is 58.1 Å². The standard InChI is InChI=1S/C22H25N3O5/c1-13(2)30-22(27)23-20-10-14(3)24(15(4)26)21-9-8-17(12-19(20)21)16-6-5-7-18(11-16)25(28)29/h5-9,11-14,20H,10H2,1-4H3,(H,23,27)/t14-,20+/m0/s1. The molecule has 0 aliphatic carbocycles. The summed E-state index contributed by atoms with van der Waals surface area (Å²) in [5.74, 6) is -0.0879. The van der Waals surface area contributed by atoms with E-state index in [1.165, 1.54) is 19.1 Å². The van der Waals surface area contributed by atoms with Crippen molar-refractivity contribution in [1.82, 2.24) is 5.32 Å². The van der Waals surface area contributed by atoms with Crippen LogP contribution in [0.25, 0.3) is 11.1 Å². The maximum atomic E-state index is 12.3. The fraction of sp³-hybridized carbons (Fsp3) is 0.364. The number of nitro groups is 1. The van der Waals surface area contributed by atoms with Crippen LogP contribution in [0.5, 0.6) is 0 Å². The Labute approximate surface area is 175 Å². The maximum Gasteiger partial charge on any atom is 0.407 e. The van der Waals surface area contributed by atoms with Gasteiger partial charge in [-0.05, 0) is 56.0 Å². The van der Waals surface area contributed by atoms with Crippen molar-refractivity contribution < 1.29 is 19.2 Å². The van der Waals surface area contributed by atoms with Gasteiger partial charge in [0.2, 0.25) is 5.91 Å². The van der Waals surface area contributed by atoms with Crippen LogP contribution in [-0.4, -0.2) is 29.1 Å². The van der Waals surface area contributed by atoms with Gasteiger partial charge in [0.1, 0.15) is 0 Å². The van der Waals surface area contributed by atoms with Gasteiger partial charge in [0, 0.05) is 30.8 Å². The van der Waals surface area contributed by atoms with Gasteiger partial charge < -0.3 is 15.0 Å². The van der Waals surface area contributed by atoms with Crippen molar-refractivity contribution >= 4 is 23.4 Å². The Balaban J connectivity index is 2.05. The number of nitrogens with one attached hydrogen (secondary N) is 1. The largest absolute Gasteiger partial charge is 0.447 e. The Bertz CT molecular complexity index is 988. The second-order valence-electron chi connectivity index (χ2n) is 7.71. The van der Waals surface area contributed by atoms with Crippen molar-refractivity contribution in [3.63, 3.8) is 0 Å². The first-order valence-electron chi connectivity index (χ1n) is 9.83. The van der Waals surface area contributed by atoms with E-state index in [-0.39, 0.29) is 29.8 Å². The summed E-state index contributed by atoms with van der Waals surface area (Å²) in [5.41, 5.74) is 2.93. The molecular weight excluding hydrogens is 386 g/mol. The van der Waals surface area contributed by atoms with Crippen LogP contribution < -0.4 is 10.2 Å². The number of rotatable bonds is 4. The number of carbonyl (C=O) groups excluding carboxylic acids is 2. The topological polar surface area (TPSA) is 102 Å². The molecule has 0 bridgehead atoms. The summed E-state index contributed by atoms with van der Waals surface area (Å²) < 4.78 is 5.23. The summed E-state index contributed by atoms with van der Waals surface area (Å²) in [6, 6.07) is 11.4. The Morgan fingerprint density at radius 2 is 1.90 bits per heavy atom. The second kappa shape index (κ2) is 8.52. The lowest BCUT2D eigenvalue weighted by Gasteiger charge is -2.39. The predicted molar refractivity (Wildman–Crippen MR) is 113 cm³/mol. The number of hydrogen-bond acceptors (Lipinski definition) is 5. The summed E-state index contributed by atoms with van der Waals surface area (Å²) in [6.45, 7) is 6.99. The lowest BCUT2D eigenvalue weighted by atomic mass is 9.89. The minimum atomic E-state index is -0.523. The number of nitro benzene ring substituents is 1. The molecule has 158 valence electrons. The molecule has 2 aromatic rings. The highest BCUT2D eigenvalue weighted by Gasteiger charge is 2.33. The van der Waals surface area contributed by atoms with Crippen LogP contribution in [-0.2, 0) is 9.53 Å². The predicted octanol–water partition coefficient (Wildman–Crippen LogP) is 4.58. The van der Waals surface area contributed by atoms with Crippen molar-refractivity contribution in [2.45, 2.75) is 52.3 Å². The highest BCUT2D eigenvalue weighted by atomic mass is 16.6. The number of nitrogens with zero attached hydrogens (tertiary/aromatic N) is 2. The smallest absolute Gasteiger partial charge is 0.407 e. The third kappa shape index (κ3) is 4.42. The monoisotopic (exact) mass is 411 g/mol. The lowest BCUT2D eigenvalue weighted by molar-refractivity contribution is -0.384. The third-order valence-electron chi connectivity index (χ3n) is 5.04. The van der Waals surface area contributed by atoms with Gasteiger partial charge in [0.05, 0.1) is 17.1 Å². The fourth-order valence-electron chi connectivity index (χ4n) is 3.85. The molecule has 0 unspecified atom stereocenters. The molecule has 1 heterocycles. The molecule has 0 fully saturated rings. The number of carbonyl (C=O) groups is 2. The van der Waals surface area contributed by atoms with Crippen LogP contribution in [0.4, 0.5) is 16.2 Å². The molecule has 8 nitrogen and oxygen atoms in total. The van der Waals surface area contributed by atoms with E-state index in [2.05, 4.69) is 5.32 Å². The molecule has 1 aliphatic rings. The minimum absolute atomic E-state index is 0.000563. The van der Waals surface area contributed by atoms with Gasteiger partial charge in [-0.15, -0.1) is 0 Å². The van der Waals surface area contributed by atoms with Gasteiger partial charge in [-0.25, -0.2) is 4.79 Å². The van der Waals surface area contributed by atoms with Gasteiger partial charge in [-0.3, -0.25) is 14.9 Å². The maximum absolute atomic E-state index is 12.3. The van der Waals surface area contributed by atoms with Gasteiger partial charge in [-0.1, -0.05) is 18.2 Å². The number of non-ortho nitro benzene ring substituents is 1. The minimum Gasteiger partial charge on any atom is -0.447 e. The highest BCUT2D eigenvalue weighted by Crippen LogP contribution is 2.40. The molecule has 2 amide bonds. The molecule has 30 heavy (non-hydrogen) atoms. The summed E-state index contributed by atoms with van der Waals surface area (Å²) in [5, 5.41) is 14.0. The van der Waals surface area contributed by atoms with Crippen LogP contribution >= 0.6 is 0 Å². The average molecular weight is 411 g/mol. The summed E-state index contributed by atoms with van der Waals surface area (Å²) in [4.78, 5) is 36.9. The first-order valence-corrected chi connectivity index (χ1v) is 9.83. The molecule has 0 aromatic heterocycles. The highest BCUT2D eigenvalue weighted by molar-refractivity contribution is 5.94. The van der Waals surface area contributed by atoms with E-state index in [4.69, 9.17) is 4.74 Å². The molecular formula is C22H25N3O5. The van der Waals surface area contributed by atoms with Gasteiger partial charge in [0.25, 0.3) is 5.69 Å². The van der Waals surface area contributed by atoms with E-state index in [0.29, 0.717) is 17.7 Å². The molecule has 0 saturated carbocycles. The summed E-state index contributed by atoms with van der Waals surface area (Å²) in [7, 11) is 0. The normalized spacial score (nSPS) is 18.0. The molecule has 1 aliphatic heterocycles. The van der Waals surface area contributed by atoms with Gasteiger partial charge >= 0.3 is 6.09 Å². The quantitative estimate of drug-likeness (QED) is 0.586. The van der Waals surface area contributed by atoms with Crippen molar-refractivity contribution in [2.24, 2.45) is 0 Å². The van der Waals surface area contributed by atoms with Crippen molar-refractivity contribution in [1.29, 1.82) is 0 Å². The second-order valence-corrected chi connectivity index (χ2v) is 7.71. The molecule has 8 heteroatoms. The summed E-state index contributed by atoms with van der Waals surface area (Å²) >= 11 is 0. The molecule has 2 aromatic carbocycles. The van der Waals surface area contributed by atoms with Crippen LogP contribution in [0.1, 0.15) is 45.7 Å². The molecule has 1 N–H and O–H groups in total. The zero-order valence-electron chi connectivity index (χ0n) is 17.4. The van der Waals surface area contributed by atoms with Crippen LogP contribution in [0.15, 0.2) is 42.5 Å². The molecule has 0 saturated heterocycles. The van der Waals surface area contributed by atoms with E-state index in [9.17, 15) is 19.7 Å². The number of fused-ring (bicyclic) bond motifs is 1. The zero-order chi connectivity index (χ0) is 22.0. The Morgan fingerprint density at radius 1 is 1.20 bits per heavy atom. The number of anilines is 1. The third-order valence-corrected chi connectivity index (χ3v) is 5.04. The molecule has 2 atom stereocenters. The van der Waals surface area contributed by atoms with E-state index in [1.807, 2.05) is 25.1 Å². The average Bonchev–Trinajstić information content (AvgIpc) is 2.66. The number of alkyl carbamates (subject to hydrolysis) is 1. The molecule has 3 rings (SSSR count). The van der Waals surface area contributed by atoms with Crippen LogP contribution in [0, 0.1) is 10.1 Å². The Hall–Kier alpha value is -3.42. The van der Waals surface area contributed by atoms with Crippen molar-refractivity contribution in [3.8, 4) is 11.1 Å². The zero-order valence-corrected chi connectivity index (χ0v) is 17.4. The van der Waals surface area contributed by atoms with E-state index in [0.717, 1.165) is 11.1 Å². The fourth-order valence-corrected chi connectivity index (χ4v) is 3.85. The SMILES string of the molecule is CC(=O)N1c2ccc(-c3cccc([N+](=O)[O-])c3)cc2[C@H](NC(=O)OC(C)C)C[C@@H]1C. The van der Waals surface area contributed by atoms with Crippen molar-refractivity contribution in [2.75, 3.05) is 4.90 Å². The Morgan fingerprint density at radius 3 is 2.53 bits per heavy atom. The van der Waals surface area contributed by atoms with Crippen LogP contribution in [0.3, 0.4) is 0 Å². The lowest BCUT2D eigenvalue weighted by Crippen LogP contribution is -2.45. The first-order chi connectivity index (χ1) is 14.2. The van der Waals surface area contributed by atoms with E-state index in [1.54, 1.807) is 30.9 Å². The van der Waals surface area contributed by atoms with Gasteiger partial charge in [-0.2, -0.15) is 0 Å².